The molecule has 30 heavy (non-hydrogen) atoms. The van der Waals surface area contributed by atoms with Gasteiger partial charge >= 0.3 is 6.18 Å². The van der Waals surface area contributed by atoms with Gasteiger partial charge in [-0.1, -0.05) is 41.9 Å². The summed E-state index contributed by atoms with van der Waals surface area (Å²) in [7, 11) is 0. The van der Waals surface area contributed by atoms with Crippen molar-refractivity contribution in [2.45, 2.75) is 19.6 Å². The molecule has 0 fully saturated rings. The molecule has 0 atom stereocenters. The van der Waals surface area contributed by atoms with E-state index in [-0.39, 0.29) is 0 Å². The fourth-order valence-corrected chi connectivity index (χ4v) is 2.99. The molecule has 3 aromatic rings. The van der Waals surface area contributed by atoms with Crippen molar-refractivity contribution < 1.29 is 18.0 Å². The van der Waals surface area contributed by atoms with Crippen LogP contribution in [0.5, 0.6) is 0 Å². The van der Waals surface area contributed by atoms with E-state index in [1.165, 1.54) is 6.08 Å². The molecule has 2 aromatic heterocycles. The molecule has 0 radical (unpaired) electrons. The smallest absolute Gasteiger partial charge is 0.327 e. The van der Waals surface area contributed by atoms with E-state index in [2.05, 4.69) is 10.4 Å². The summed E-state index contributed by atoms with van der Waals surface area (Å²) in [6.45, 7) is 2.14. The van der Waals surface area contributed by atoms with Gasteiger partial charge in [0.05, 0.1) is 17.8 Å². The van der Waals surface area contributed by atoms with Crippen molar-refractivity contribution in [1.82, 2.24) is 14.8 Å². The first kappa shape index (κ1) is 21.4. The van der Waals surface area contributed by atoms with Gasteiger partial charge in [0.25, 0.3) is 5.56 Å². The van der Waals surface area contributed by atoms with Crippen LogP contribution in [0.25, 0.3) is 6.08 Å². The number of halogens is 4. The maximum absolute atomic E-state index is 12.8. The van der Waals surface area contributed by atoms with Crippen LogP contribution in [0.2, 0.25) is 5.15 Å². The number of amides is 1. The lowest BCUT2D eigenvalue weighted by Gasteiger charge is -2.08. The monoisotopic (exact) mass is 436 g/mol. The zero-order valence-electron chi connectivity index (χ0n) is 15.6. The van der Waals surface area contributed by atoms with Crippen LogP contribution in [0, 0.1) is 6.92 Å². The van der Waals surface area contributed by atoms with E-state index in [0.29, 0.717) is 35.2 Å². The molecule has 1 aromatic carbocycles. The van der Waals surface area contributed by atoms with Gasteiger partial charge in [0, 0.05) is 17.8 Å². The molecule has 2 heterocycles. The number of anilines is 1. The van der Waals surface area contributed by atoms with Gasteiger partial charge in [0.1, 0.15) is 10.8 Å². The molecule has 0 aliphatic heterocycles. The summed E-state index contributed by atoms with van der Waals surface area (Å²) in [6, 6.07) is 10.1. The van der Waals surface area contributed by atoms with Crippen molar-refractivity contribution in [2.24, 2.45) is 0 Å². The topological polar surface area (TPSA) is 79.8 Å². The molecule has 0 unspecified atom stereocenters. The van der Waals surface area contributed by atoms with Crippen LogP contribution >= 0.6 is 11.6 Å². The van der Waals surface area contributed by atoms with Crippen LogP contribution < -0.4 is 10.9 Å². The van der Waals surface area contributed by atoms with Gasteiger partial charge in [-0.25, -0.2) is 4.68 Å². The lowest BCUT2D eigenvalue weighted by molar-refractivity contribution is -0.137. The maximum Gasteiger partial charge on any atom is 0.417 e. The van der Waals surface area contributed by atoms with Crippen molar-refractivity contribution in [2.75, 3.05) is 5.32 Å². The van der Waals surface area contributed by atoms with Gasteiger partial charge in [0.2, 0.25) is 5.91 Å². The molecular weight excluding hydrogens is 421 g/mol. The Morgan fingerprint density at radius 2 is 2.00 bits per heavy atom. The maximum atomic E-state index is 12.8. The minimum absolute atomic E-state index is 0.303. The Kier molecular flexibility index (Phi) is 6.12. The molecule has 1 amide bonds. The number of rotatable bonds is 5. The number of aryl methyl sites for hydroxylation is 1. The highest BCUT2D eigenvalue weighted by molar-refractivity contribution is 6.31. The second-order valence-corrected chi connectivity index (χ2v) is 6.74. The van der Waals surface area contributed by atoms with Crippen LogP contribution in [0.4, 0.5) is 18.9 Å². The molecular formula is C20H16ClF3N4O2. The Bertz CT molecular complexity index is 1150. The predicted molar refractivity (Wildman–Crippen MR) is 107 cm³/mol. The highest BCUT2D eigenvalue weighted by Gasteiger charge is 2.31. The highest BCUT2D eigenvalue weighted by Crippen LogP contribution is 2.29. The highest BCUT2D eigenvalue weighted by atomic mass is 35.5. The zero-order chi connectivity index (χ0) is 21.9. The van der Waals surface area contributed by atoms with Crippen molar-refractivity contribution in [3.63, 3.8) is 0 Å². The first-order valence-corrected chi connectivity index (χ1v) is 9.09. The largest absolute Gasteiger partial charge is 0.417 e. The third-order valence-electron chi connectivity index (χ3n) is 4.17. The number of carbonyl (C=O) groups excluding carboxylic acids is 1. The van der Waals surface area contributed by atoms with E-state index in [1.807, 2.05) is 35.3 Å². The molecule has 0 aliphatic carbocycles. The van der Waals surface area contributed by atoms with Gasteiger partial charge in [-0.15, -0.1) is 0 Å². The zero-order valence-corrected chi connectivity index (χ0v) is 16.4. The lowest BCUT2D eigenvalue weighted by atomic mass is 10.2. The molecule has 2 N–H and O–H groups in total. The van der Waals surface area contributed by atoms with E-state index in [0.717, 1.165) is 11.6 Å². The van der Waals surface area contributed by atoms with Crippen molar-refractivity contribution in [3.05, 3.63) is 86.6 Å². The van der Waals surface area contributed by atoms with Crippen molar-refractivity contribution in [3.8, 4) is 0 Å². The minimum Gasteiger partial charge on any atom is -0.327 e. The number of aromatic nitrogens is 3. The molecule has 156 valence electrons. The SMILES string of the molecule is Cc1nn(Cc2ccccc2)c(Cl)c1/C=C/C(=O)Nc1cc(C(F)(F)F)c[nH]c1=O. The molecule has 6 nitrogen and oxygen atoms in total. The fourth-order valence-electron chi connectivity index (χ4n) is 2.69. The fraction of sp³-hybridized carbons (Fsp3) is 0.150. The molecule has 0 bridgehead atoms. The summed E-state index contributed by atoms with van der Waals surface area (Å²) in [5, 5.41) is 6.78. The Morgan fingerprint density at radius 3 is 2.67 bits per heavy atom. The van der Waals surface area contributed by atoms with Gasteiger partial charge in [-0.05, 0) is 24.6 Å². The van der Waals surface area contributed by atoms with E-state index in [1.54, 1.807) is 11.6 Å². The number of carbonyl (C=O) groups is 1. The third kappa shape index (κ3) is 4.98. The molecule has 0 spiro atoms. The quantitative estimate of drug-likeness (QED) is 0.587. The Hall–Kier alpha value is -3.33. The van der Waals surface area contributed by atoms with Crippen LogP contribution in [0.15, 0.2) is 53.5 Å². The number of alkyl halides is 3. The molecule has 3 rings (SSSR count). The van der Waals surface area contributed by atoms with Gasteiger partial charge in [-0.2, -0.15) is 18.3 Å². The molecule has 0 saturated carbocycles. The summed E-state index contributed by atoms with van der Waals surface area (Å²) in [4.78, 5) is 25.8. The number of nitrogens with one attached hydrogen (secondary N) is 2. The molecule has 0 aliphatic rings. The Balaban J connectivity index is 1.77. The first-order valence-electron chi connectivity index (χ1n) is 8.71. The van der Waals surface area contributed by atoms with Crippen LogP contribution in [-0.4, -0.2) is 20.7 Å². The summed E-state index contributed by atoms with van der Waals surface area (Å²) >= 11 is 6.36. The lowest BCUT2D eigenvalue weighted by Crippen LogP contribution is -2.20. The second-order valence-electron chi connectivity index (χ2n) is 6.38. The summed E-state index contributed by atoms with van der Waals surface area (Å²) in [6.07, 6.45) is -1.65. The second kappa shape index (κ2) is 8.58. The molecule has 10 heteroatoms. The van der Waals surface area contributed by atoms with E-state index in [4.69, 9.17) is 11.6 Å². The number of H-pyrrole nitrogens is 1. The number of nitrogens with zero attached hydrogens (tertiary/aromatic N) is 2. The number of aromatic amines is 1. The number of pyridine rings is 1. The predicted octanol–water partition coefficient (Wildman–Crippen LogP) is 4.25. The number of hydrogen-bond acceptors (Lipinski definition) is 3. The first-order chi connectivity index (χ1) is 14.1. The average Bonchev–Trinajstić information content (AvgIpc) is 2.94. The number of benzene rings is 1. The minimum atomic E-state index is -4.66. The summed E-state index contributed by atoms with van der Waals surface area (Å²) < 4.78 is 39.9. The van der Waals surface area contributed by atoms with Crippen LogP contribution in [-0.2, 0) is 17.5 Å². The summed E-state index contributed by atoms with van der Waals surface area (Å²) in [5.41, 5.74) is -0.407. The Morgan fingerprint density at radius 1 is 1.30 bits per heavy atom. The van der Waals surface area contributed by atoms with Gasteiger partial charge in [-0.3, -0.25) is 9.59 Å². The summed E-state index contributed by atoms with van der Waals surface area (Å²) in [5.74, 6) is -0.786. The van der Waals surface area contributed by atoms with Crippen molar-refractivity contribution >= 4 is 29.3 Å². The van der Waals surface area contributed by atoms with Gasteiger partial charge in [0.15, 0.2) is 0 Å². The molecule has 0 saturated heterocycles. The van der Waals surface area contributed by atoms with Crippen molar-refractivity contribution in [1.29, 1.82) is 0 Å². The number of hydrogen-bond donors (Lipinski definition) is 2. The van der Waals surface area contributed by atoms with Crippen LogP contribution in [0.1, 0.15) is 22.4 Å². The van der Waals surface area contributed by atoms with Crippen LogP contribution in [0.3, 0.4) is 0 Å². The van der Waals surface area contributed by atoms with E-state index < -0.39 is 28.9 Å². The van der Waals surface area contributed by atoms with Gasteiger partial charge < -0.3 is 10.3 Å². The Labute approximate surface area is 174 Å². The standard InChI is InChI=1S/C20H16ClF3N4O2/c1-12-15(18(21)28(27-12)11-13-5-3-2-4-6-13)7-8-17(29)26-16-9-14(20(22,23)24)10-25-19(16)30/h2-10H,11H2,1H3,(H,25,30)(H,26,29)/b8-7+. The average molecular weight is 437 g/mol. The van der Waals surface area contributed by atoms with E-state index >= 15 is 0 Å². The third-order valence-corrected chi connectivity index (χ3v) is 4.57. The normalized spacial score (nSPS) is 11.8. The van der Waals surface area contributed by atoms with E-state index in [9.17, 15) is 22.8 Å².